The van der Waals surface area contributed by atoms with E-state index in [-0.39, 0.29) is 11.7 Å². The Bertz CT molecular complexity index is 1390. The van der Waals surface area contributed by atoms with Gasteiger partial charge in [0.2, 0.25) is 0 Å². The van der Waals surface area contributed by atoms with Crippen LogP contribution in [0.25, 0.3) is 16.6 Å². The van der Waals surface area contributed by atoms with Crippen LogP contribution in [0.15, 0.2) is 42.7 Å². The molecule has 1 aliphatic carbocycles. The summed E-state index contributed by atoms with van der Waals surface area (Å²) in [6.45, 7) is 5.38. The lowest BCUT2D eigenvalue weighted by atomic mass is 9.87. The smallest absolute Gasteiger partial charge is 0.161 e. The number of para-hydroxylation sites is 1. The number of aryl methyl sites for hydroxylation is 1. The third-order valence-electron chi connectivity index (χ3n) is 7.28. The molecule has 0 spiro atoms. The van der Waals surface area contributed by atoms with Crippen LogP contribution in [-0.2, 0) is 0 Å². The molecule has 7 nitrogen and oxygen atoms in total. The second kappa shape index (κ2) is 9.91. The van der Waals surface area contributed by atoms with Gasteiger partial charge in [-0.3, -0.25) is 4.79 Å². The standard InChI is InChI=1S/C18H23N5.C10H9NO/c1-13-11-23-17(9-16(21-23)15-5-3-2-4-6-15)20-18(13)22-8-7-14(10-19)12-22;1-7(12)9-4-2-3-8-5-6-11-10(8)9/h9,11,14-15H,2-8,12H2,1H3;2-6,11H,1H3. The molecule has 1 unspecified atom stereocenters. The Balaban J connectivity index is 0.000000178. The van der Waals surface area contributed by atoms with Crippen LogP contribution < -0.4 is 4.90 Å². The highest BCUT2D eigenvalue weighted by molar-refractivity contribution is 6.05. The molecule has 0 amide bonds. The van der Waals surface area contributed by atoms with Crippen LogP contribution in [0.3, 0.4) is 0 Å². The first-order valence-corrected chi connectivity index (χ1v) is 12.6. The van der Waals surface area contributed by atoms with E-state index in [0.29, 0.717) is 5.92 Å². The second-order valence-corrected chi connectivity index (χ2v) is 9.82. The quantitative estimate of drug-likeness (QED) is 0.384. The molecule has 1 aromatic carbocycles. The van der Waals surface area contributed by atoms with E-state index in [1.807, 2.05) is 35.0 Å². The number of ketones is 1. The molecule has 180 valence electrons. The molecule has 0 radical (unpaired) electrons. The van der Waals surface area contributed by atoms with E-state index < -0.39 is 0 Å². The topological polar surface area (TPSA) is 90.1 Å². The van der Waals surface area contributed by atoms with Crippen molar-refractivity contribution in [2.75, 3.05) is 18.0 Å². The van der Waals surface area contributed by atoms with E-state index >= 15 is 0 Å². The first-order chi connectivity index (χ1) is 17.0. The summed E-state index contributed by atoms with van der Waals surface area (Å²) in [5, 5.41) is 15.0. The maximum absolute atomic E-state index is 11.1. The molecular weight excluding hydrogens is 436 g/mol. The van der Waals surface area contributed by atoms with E-state index in [1.54, 1.807) is 6.92 Å². The van der Waals surface area contributed by atoms with Gasteiger partial charge in [0.05, 0.1) is 23.2 Å². The van der Waals surface area contributed by atoms with Crippen LogP contribution in [0, 0.1) is 24.2 Å². The number of hydrogen-bond donors (Lipinski definition) is 1. The van der Waals surface area contributed by atoms with Crippen LogP contribution in [0.5, 0.6) is 0 Å². The van der Waals surface area contributed by atoms with Crippen LogP contribution in [0.4, 0.5) is 5.82 Å². The van der Waals surface area contributed by atoms with Crippen molar-refractivity contribution in [3.8, 4) is 6.07 Å². The highest BCUT2D eigenvalue weighted by Crippen LogP contribution is 2.33. The Hall–Kier alpha value is -3.66. The van der Waals surface area contributed by atoms with Gasteiger partial charge in [-0.05, 0) is 45.2 Å². The number of carbonyl (C=O) groups excluding carboxylic acids is 1. The number of rotatable bonds is 3. The Morgan fingerprint density at radius 3 is 2.74 bits per heavy atom. The van der Waals surface area contributed by atoms with E-state index in [4.69, 9.17) is 15.3 Å². The van der Waals surface area contributed by atoms with Crippen molar-refractivity contribution in [3.05, 3.63) is 59.5 Å². The molecule has 1 saturated heterocycles. The lowest BCUT2D eigenvalue weighted by molar-refractivity contribution is 0.101. The molecule has 1 N–H and O–H groups in total. The predicted octanol–water partition coefficient (Wildman–Crippen LogP) is 5.81. The summed E-state index contributed by atoms with van der Waals surface area (Å²) >= 11 is 0. The minimum absolute atomic E-state index is 0.100. The van der Waals surface area contributed by atoms with Crippen molar-refractivity contribution in [1.82, 2.24) is 19.6 Å². The van der Waals surface area contributed by atoms with Gasteiger partial charge in [-0.2, -0.15) is 10.4 Å². The van der Waals surface area contributed by atoms with Crippen LogP contribution in [0.2, 0.25) is 0 Å². The van der Waals surface area contributed by atoms with E-state index in [2.05, 4.69) is 35.1 Å². The number of carbonyl (C=O) groups is 1. The zero-order valence-electron chi connectivity index (χ0n) is 20.5. The van der Waals surface area contributed by atoms with Crippen LogP contribution in [0.1, 0.15) is 73.0 Å². The molecule has 0 bridgehead atoms. The highest BCUT2D eigenvalue weighted by Gasteiger charge is 2.25. The fourth-order valence-corrected chi connectivity index (χ4v) is 5.37. The number of H-pyrrole nitrogens is 1. The molecule has 4 heterocycles. The van der Waals surface area contributed by atoms with E-state index in [0.717, 1.165) is 53.0 Å². The van der Waals surface area contributed by atoms with Crippen LogP contribution in [-0.4, -0.2) is 38.5 Å². The number of Topliss-reactive ketones (excluding diaryl/α,β-unsaturated/α-hetero) is 1. The molecule has 35 heavy (non-hydrogen) atoms. The monoisotopic (exact) mass is 468 g/mol. The maximum atomic E-state index is 11.1. The normalized spacial score (nSPS) is 18.4. The third-order valence-corrected chi connectivity index (χ3v) is 7.28. The number of aromatic amines is 1. The molecule has 1 aliphatic heterocycles. The number of aromatic nitrogens is 4. The summed E-state index contributed by atoms with van der Waals surface area (Å²) in [6.07, 6.45) is 11.4. The summed E-state index contributed by atoms with van der Waals surface area (Å²) in [6, 6.07) is 12.2. The van der Waals surface area contributed by atoms with Crippen molar-refractivity contribution < 1.29 is 4.79 Å². The number of hydrogen-bond acceptors (Lipinski definition) is 5. The lowest BCUT2D eigenvalue weighted by Gasteiger charge is -2.19. The number of anilines is 1. The van der Waals surface area contributed by atoms with E-state index in [9.17, 15) is 4.79 Å². The van der Waals surface area contributed by atoms with Gasteiger partial charge in [0.25, 0.3) is 0 Å². The Labute approximate surface area is 205 Å². The maximum Gasteiger partial charge on any atom is 0.161 e. The summed E-state index contributed by atoms with van der Waals surface area (Å²) < 4.78 is 1.93. The highest BCUT2D eigenvalue weighted by atomic mass is 16.1. The Kier molecular flexibility index (Phi) is 6.54. The third kappa shape index (κ3) is 4.79. The van der Waals surface area contributed by atoms with Gasteiger partial charge in [-0.1, -0.05) is 31.4 Å². The fraction of sp³-hybridized carbons (Fsp3) is 0.429. The summed E-state index contributed by atoms with van der Waals surface area (Å²) in [7, 11) is 0. The lowest BCUT2D eigenvalue weighted by Crippen LogP contribution is -2.22. The molecule has 1 saturated carbocycles. The van der Waals surface area contributed by atoms with Gasteiger partial charge in [0.15, 0.2) is 11.4 Å². The van der Waals surface area contributed by atoms with Gasteiger partial charge in [-0.15, -0.1) is 0 Å². The van der Waals surface area contributed by atoms with Gasteiger partial charge in [0.1, 0.15) is 5.82 Å². The van der Waals surface area contributed by atoms with Crippen molar-refractivity contribution >= 4 is 28.2 Å². The van der Waals surface area contributed by atoms with Crippen LogP contribution >= 0.6 is 0 Å². The zero-order valence-corrected chi connectivity index (χ0v) is 20.5. The average molecular weight is 469 g/mol. The molecule has 3 aromatic heterocycles. The predicted molar refractivity (Wildman–Crippen MR) is 138 cm³/mol. The Morgan fingerprint density at radius 1 is 1.17 bits per heavy atom. The number of nitrogens with zero attached hydrogens (tertiary/aromatic N) is 5. The molecular formula is C28H32N6O. The summed E-state index contributed by atoms with van der Waals surface area (Å²) in [4.78, 5) is 21.3. The first kappa shape index (κ1) is 23.1. The molecule has 2 aliphatic rings. The van der Waals surface area contributed by atoms with Crippen molar-refractivity contribution in [3.63, 3.8) is 0 Å². The molecule has 7 heteroatoms. The number of nitriles is 1. The van der Waals surface area contributed by atoms with Crippen molar-refractivity contribution in [2.45, 2.75) is 58.3 Å². The molecule has 2 fully saturated rings. The average Bonchev–Trinajstić information content (AvgIpc) is 3.63. The number of fused-ring (bicyclic) bond motifs is 2. The van der Waals surface area contributed by atoms with Crippen molar-refractivity contribution in [2.24, 2.45) is 5.92 Å². The number of benzene rings is 1. The zero-order chi connectivity index (χ0) is 24.4. The van der Waals surface area contributed by atoms with Gasteiger partial charge >= 0.3 is 0 Å². The van der Waals surface area contributed by atoms with E-state index in [1.165, 1.54) is 37.8 Å². The molecule has 6 rings (SSSR count). The van der Waals surface area contributed by atoms with Gasteiger partial charge in [0, 0.05) is 54.0 Å². The second-order valence-electron chi connectivity index (χ2n) is 9.82. The first-order valence-electron chi connectivity index (χ1n) is 12.6. The van der Waals surface area contributed by atoms with Crippen molar-refractivity contribution in [1.29, 1.82) is 5.26 Å². The largest absolute Gasteiger partial charge is 0.361 e. The SMILES string of the molecule is CC(=O)c1cccc2cc[nH]c12.Cc1cn2nc(C3CCCCC3)cc2nc1N1CCC(C#N)C1. The minimum atomic E-state index is 0.100. The van der Waals surface area contributed by atoms with Gasteiger partial charge < -0.3 is 9.88 Å². The Morgan fingerprint density at radius 2 is 2.00 bits per heavy atom. The molecule has 1 atom stereocenters. The van der Waals surface area contributed by atoms with Gasteiger partial charge in [-0.25, -0.2) is 9.50 Å². The minimum Gasteiger partial charge on any atom is -0.361 e. The number of nitrogens with one attached hydrogen (secondary N) is 1. The summed E-state index contributed by atoms with van der Waals surface area (Å²) in [5.74, 6) is 1.85. The summed E-state index contributed by atoms with van der Waals surface area (Å²) in [5.41, 5.74) is 4.97. The molecule has 4 aromatic rings. The fourth-order valence-electron chi connectivity index (χ4n) is 5.37.